The maximum absolute atomic E-state index is 14.5. The second-order valence-electron chi connectivity index (χ2n) is 20.8. The van der Waals surface area contributed by atoms with Crippen molar-refractivity contribution in [3.63, 3.8) is 0 Å². The van der Waals surface area contributed by atoms with Gasteiger partial charge in [-0.3, -0.25) is 9.59 Å². The summed E-state index contributed by atoms with van der Waals surface area (Å²) in [5.74, 6) is 0.283. The number of carbonyl (C=O) groups excluding carboxylic acids is 2. The molecule has 6 unspecified atom stereocenters. The van der Waals surface area contributed by atoms with Crippen LogP contribution in [0.4, 0.5) is 0 Å². The fourth-order valence-electron chi connectivity index (χ4n) is 8.85. The number of ether oxygens (including phenoxy) is 2. The van der Waals surface area contributed by atoms with Gasteiger partial charge in [0.15, 0.2) is 0 Å². The maximum Gasteiger partial charge on any atom is 0.312 e. The van der Waals surface area contributed by atoms with Crippen molar-refractivity contribution in [2.45, 2.75) is 227 Å². The molecule has 0 saturated carbocycles. The van der Waals surface area contributed by atoms with E-state index in [1.165, 1.54) is 0 Å². The second-order valence-corrected chi connectivity index (χ2v) is 20.8. The monoisotopic (exact) mass is 709 g/mol. The van der Waals surface area contributed by atoms with Crippen LogP contribution in [0, 0.1) is 50.2 Å². The predicted octanol–water partition coefficient (Wildman–Crippen LogP) is 13.0. The van der Waals surface area contributed by atoms with Crippen LogP contribution < -0.4 is 0 Å². The Bertz CT molecular complexity index is 1030. The number of esters is 2. The third-order valence-electron chi connectivity index (χ3n) is 13.1. The number of hydrogen-bond acceptors (Lipinski definition) is 5. The second kappa shape index (κ2) is 18.8. The molecule has 6 atom stereocenters. The molecule has 0 aromatic rings. The Hall–Kier alpha value is -1.10. The minimum Gasteiger partial charge on any atom is -0.461 e. The average Bonchev–Trinajstić information content (AvgIpc) is 3.00. The van der Waals surface area contributed by atoms with E-state index in [0.29, 0.717) is 18.8 Å². The molecule has 0 saturated heterocycles. The topological polar surface area (TPSA) is 72.8 Å². The van der Waals surface area contributed by atoms with Gasteiger partial charge in [-0.25, -0.2) is 0 Å². The van der Waals surface area contributed by atoms with Crippen LogP contribution in [-0.2, 0) is 19.1 Å². The lowest BCUT2D eigenvalue weighted by Gasteiger charge is -2.47. The van der Waals surface area contributed by atoms with Crippen LogP contribution >= 0.6 is 0 Å². The molecular weight excluding hydrogens is 620 g/mol. The van der Waals surface area contributed by atoms with Crippen molar-refractivity contribution in [3.8, 4) is 0 Å². The fraction of sp³-hybridized carbons (Fsp3) is 0.956. The van der Waals surface area contributed by atoms with E-state index in [4.69, 9.17) is 9.47 Å². The third-order valence-corrected chi connectivity index (χ3v) is 13.1. The molecule has 0 amide bonds. The van der Waals surface area contributed by atoms with E-state index in [9.17, 15) is 14.7 Å². The van der Waals surface area contributed by atoms with E-state index >= 15 is 0 Å². The molecule has 5 heteroatoms. The van der Waals surface area contributed by atoms with Gasteiger partial charge in [-0.15, -0.1) is 0 Å². The van der Waals surface area contributed by atoms with E-state index in [-0.39, 0.29) is 34.6 Å². The molecule has 0 rings (SSSR count). The van der Waals surface area contributed by atoms with E-state index in [1.54, 1.807) is 0 Å². The SMILES string of the molecule is CCC(C)CC(C)(C)OC(=O)C(C)(C)CC(C)(CC)C(OC(=O)C(C)(C)CC(C)(C)C(O)C(CC)CC(C)(C)CC)C(C)CC(C)(CC)CC. The summed E-state index contributed by atoms with van der Waals surface area (Å²) in [4.78, 5) is 28.4. The Morgan fingerprint density at radius 3 is 1.54 bits per heavy atom. The van der Waals surface area contributed by atoms with Gasteiger partial charge in [-0.05, 0) is 114 Å². The first-order chi connectivity index (χ1) is 22.5. The third kappa shape index (κ3) is 14.4. The molecule has 0 aliphatic carbocycles. The van der Waals surface area contributed by atoms with E-state index in [0.717, 1.165) is 57.8 Å². The van der Waals surface area contributed by atoms with E-state index < -0.39 is 39.5 Å². The smallest absolute Gasteiger partial charge is 0.312 e. The van der Waals surface area contributed by atoms with Crippen LogP contribution in [0.2, 0.25) is 0 Å². The molecule has 0 aromatic carbocycles. The number of rotatable bonds is 24. The van der Waals surface area contributed by atoms with Crippen LogP contribution in [0.15, 0.2) is 0 Å². The van der Waals surface area contributed by atoms with Gasteiger partial charge in [0.2, 0.25) is 0 Å². The van der Waals surface area contributed by atoms with E-state index in [1.807, 2.05) is 41.5 Å². The fourth-order valence-corrected chi connectivity index (χ4v) is 8.85. The molecule has 0 aliphatic rings. The van der Waals surface area contributed by atoms with E-state index in [2.05, 4.69) is 96.9 Å². The van der Waals surface area contributed by atoms with Gasteiger partial charge in [0, 0.05) is 5.41 Å². The molecule has 0 fully saturated rings. The molecule has 0 heterocycles. The zero-order valence-corrected chi connectivity index (χ0v) is 37.2. The minimum absolute atomic E-state index is 0.0811. The molecular formula is C45H88O5. The molecule has 0 spiro atoms. The van der Waals surface area contributed by atoms with Gasteiger partial charge in [-0.1, -0.05) is 129 Å². The van der Waals surface area contributed by atoms with Gasteiger partial charge in [0.05, 0.1) is 16.9 Å². The Morgan fingerprint density at radius 1 is 0.620 bits per heavy atom. The molecule has 1 N–H and O–H groups in total. The number of aliphatic hydroxyl groups is 1. The highest BCUT2D eigenvalue weighted by molar-refractivity contribution is 5.77. The van der Waals surface area contributed by atoms with Crippen molar-refractivity contribution in [2.24, 2.45) is 50.2 Å². The minimum atomic E-state index is -0.817. The summed E-state index contributed by atoms with van der Waals surface area (Å²) >= 11 is 0. The highest BCUT2D eigenvalue weighted by Crippen LogP contribution is 2.49. The van der Waals surface area contributed by atoms with Crippen LogP contribution in [0.1, 0.15) is 209 Å². The van der Waals surface area contributed by atoms with Gasteiger partial charge in [0.1, 0.15) is 11.7 Å². The average molecular weight is 709 g/mol. The largest absolute Gasteiger partial charge is 0.461 e. The van der Waals surface area contributed by atoms with Gasteiger partial charge in [0.25, 0.3) is 0 Å². The zero-order chi connectivity index (χ0) is 39.7. The number of carbonyl (C=O) groups is 2. The van der Waals surface area contributed by atoms with Crippen molar-refractivity contribution in [3.05, 3.63) is 0 Å². The van der Waals surface area contributed by atoms with Crippen molar-refractivity contribution in [1.29, 1.82) is 0 Å². The first kappa shape index (κ1) is 48.9. The summed E-state index contributed by atoms with van der Waals surface area (Å²) in [5, 5.41) is 11.8. The Labute approximate surface area is 312 Å². The Morgan fingerprint density at radius 2 is 1.12 bits per heavy atom. The summed E-state index contributed by atoms with van der Waals surface area (Å²) < 4.78 is 13.0. The summed E-state index contributed by atoms with van der Waals surface area (Å²) in [7, 11) is 0. The van der Waals surface area contributed by atoms with Crippen molar-refractivity contribution >= 4 is 11.9 Å². The lowest BCUT2D eigenvalue weighted by Crippen LogP contribution is -2.49. The quantitative estimate of drug-likeness (QED) is 0.101. The van der Waals surface area contributed by atoms with Gasteiger partial charge in [-0.2, -0.15) is 0 Å². The molecule has 0 bridgehead atoms. The van der Waals surface area contributed by atoms with Crippen molar-refractivity contribution in [2.75, 3.05) is 0 Å². The molecule has 0 radical (unpaired) electrons. The Balaban J connectivity index is 6.64. The molecule has 0 aliphatic heterocycles. The highest BCUT2D eigenvalue weighted by Gasteiger charge is 2.50. The molecule has 298 valence electrons. The van der Waals surface area contributed by atoms with Crippen LogP contribution in [0.25, 0.3) is 0 Å². The lowest BCUT2D eigenvalue weighted by molar-refractivity contribution is -0.182. The molecule has 50 heavy (non-hydrogen) atoms. The summed E-state index contributed by atoms with van der Waals surface area (Å²) in [6, 6.07) is 0. The first-order valence-corrected chi connectivity index (χ1v) is 20.6. The summed E-state index contributed by atoms with van der Waals surface area (Å²) in [6.45, 7) is 42.9. The molecule has 5 nitrogen and oxygen atoms in total. The van der Waals surface area contributed by atoms with Crippen molar-refractivity contribution in [1.82, 2.24) is 0 Å². The summed E-state index contributed by atoms with van der Waals surface area (Å²) in [5.41, 5.74) is -2.83. The predicted molar refractivity (Wildman–Crippen MR) is 214 cm³/mol. The number of aliphatic hydroxyl groups excluding tert-OH is 1. The number of hydrogen-bond donors (Lipinski definition) is 1. The standard InChI is InChI=1S/C45H88O5/c1-21-32(7)27-43(17,18)50-38(48)42(15,16)31-45(20,26-6)36(33(8)28-44(19,24-4)25-5)49-37(47)41(13,14)30-40(11,12)35(46)34(22-2)29-39(9,10)23-3/h32-36,46H,21-31H2,1-20H3. The first-order valence-electron chi connectivity index (χ1n) is 20.6. The van der Waals surface area contributed by atoms with Gasteiger partial charge < -0.3 is 14.6 Å². The van der Waals surface area contributed by atoms with Crippen LogP contribution in [0.3, 0.4) is 0 Å². The summed E-state index contributed by atoms with van der Waals surface area (Å²) in [6.07, 6.45) is 8.67. The zero-order valence-electron chi connectivity index (χ0n) is 37.2. The van der Waals surface area contributed by atoms with Gasteiger partial charge >= 0.3 is 11.9 Å². The maximum atomic E-state index is 14.5. The molecule has 0 aromatic heterocycles. The normalized spacial score (nSPS) is 18.1. The lowest BCUT2D eigenvalue weighted by atomic mass is 9.64. The van der Waals surface area contributed by atoms with Crippen LogP contribution in [-0.4, -0.2) is 34.9 Å². The van der Waals surface area contributed by atoms with Crippen LogP contribution in [0.5, 0.6) is 0 Å². The Kier molecular flexibility index (Phi) is 18.4. The van der Waals surface area contributed by atoms with Crippen molar-refractivity contribution < 1.29 is 24.2 Å². The highest BCUT2D eigenvalue weighted by atomic mass is 16.6.